The highest BCUT2D eigenvalue weighted by molar-refractivity contribution is 7.92. The Morgan fingerprint density at radius 1 is 1.19 bits per heavy atom. The lowest BCUT2D eigenvalue weighted by Crippen LogP contribution is -2.50. The van der Waals surface area contributed by atoms with Crippen LogP contribution in [-0.2, 0) is 14.8 Å². The number of hydrogen-bond acceptors (Lipinski definition) is 4. The number of ether oxygens (including phenoxy) is 1. The first-order chi connectivity index (χ1) is 12.7. The quantitative estimate of drug-likeness (QED) is 0.874. The van der Waals surface area contributed by atoms with Gasteiger partial charge in [-0.25, -0.2) is 8.42 Å². The Kier molecular flexibility index (Phi) is 5.15. The average Bonchev–Trinajstić information content (AvgIpc) is 2.62. The summed E-state index contributed by atoms with van der Waals surface area (Å²) in [5.74, 6) is 0.0389. The van der Waals surface area contributed by atoms with E-state index in [9.17, 15) is 13.2 Å². The van der Waals surface area contributed by atoms with Crippen molar-refractivity contribution in [1.82, 2.24) is 5.32 Å². The van der Waals surface area contributed by atoms with Gasteiger partial charge in [0.25, 0.3) is 5.91 Å². The topological polar surface area (TPSA) is 75.7 Å². The van der Waals surface area contributed by atoms with Crippen LogP contribution >= 0.6 is 0 Å². The maximum Gasteiger partial charge on any atom is 0.263 e. The highest BCUT2D eigenvalue weighted by atomic mass is 32.2. The number of rotatable bonds is 4. The van der Waals surface area contributed by atoms with Gasteiger partial charge >= 0.3 is 0 Å². The molecule has 0 fully saturated rings. The van der Waals surface area contributed by atoms with Gasteiger partial charge in [0.15, 0.2) is 6.10 Å². The average molecular weight is 388 g/mol. The summed E-state index contributed by atoms with van der Waals surface area (Å²) in [7, 11) is -3.52. The first-order valence-corrected chi connectivity index (χ1v) is 10.6. The second-order valence-electron chi connectivity index (χ2n) is 6.94. The lowest BCUT2D eigenvalue weighted by molar-refractivity contribution is -0.128. The zero-order valence-electron chi connectivity index (χ0n) is 15.9. The van der Waals surface area contributed by atoms with Crippen molar-refractivity contribution < 1.29 is 17.9 Å². The van der Waals surface area contributed by atoms with Gasteiger partial charge in [0.2, 0.25) is 10.0 Å². The van der Waals surface area contributed by atoms with E-state index in [1.807, 2.05) is 39.0 Å². The van der Waals surface area contributed by atoms with Gasteiger partial charge in [-0.2, -0.15) is 0 Å². The molecular weight excluding hydrogens is 364 g/mol. The molecule has 0 aliphatic carbocycles. The van der Waals surface area contributed by atoms with E-state index in [4.69, 9.17) is 4.74 Å². The zero-order chi connectivity index (χ0) is 19.8. The molecule has 0 radical (unpaired) electrons. The number of nitrogens with zero attached hydrogens (tertiary/aromatic N) is 1. The van der Waals surface area contributed by atoms with Crippen LogP contribution in [-0.4, -0.2) is 33.2 Å². The summed E-state index contributed by atoms with van der Waals surface area (Å²) < 4.78 is 31.3. The number of nitrogens with one attached hydrogen (secondary N) is 1. The van der Waals surface area contributed by atoms with Gasteiger partial charge < -0.3 is 10.1 Å². The number of aryl methyl sites for hydroxylation is 2. The van der Waals surface area contributed by atoms with Crippen molar-refractivity contribution in [2.45, 2.75) is 32.9 Å². The summed E-state index contributed by atoms with van der Waals surface area (Å²) in [4.78, 5) is 12.8. The van der Waals surface area contributed by atoms with Crippen molar-refractivity contribution in [2.24, 2.45) is 0 Å². The highest BCUT2D eigenvalue weighted by Crippen LogP contribution is 2.34. The van der Waals surface area contributed by atoms with Crippen molar-refractivity contribution in [3.8, 4) is 5.75 Å². The second kappa shape index (κ2) is 7.23. The molecule has 0 aromatic heterocycles. The fourth-order valence-corrected chi connectivity index (χ4v) is 3.99. The van der Waals surface area contributed by atoms with Crippen LogP contribution < -0.4 is 14.4 Å². The van der Waals surface area contributed by atoms with Gasteiger partial charge in [0.1, 0.15) is 5.75 Å². The highest BCUT2D eigenvalue weighted by Gasteiger charge is 2.35. The van der Waals surface area contributed by atoms with Gasteiger partial charge in [0.05, 0.1) is 24.5 Å². The molecule has 1 aliphatic heterocycles. The summed E-state index contributed by atoms with van der Waals surface area (Å²) in [6, 6.07) is 12.6. The molecule has 1 heterocycles. The van der Waals surface area contributed by atoms with Crippen molar-refractivity contribution in [3.05, 3.63) is 59.2 Å². The summed E-state index contributed by atoms with van der Waals surface area (Å²) in [6.07, 6.45) is 0.213. The number of amides is 1. The monoisotopic (exact) mass is 388 g/mol. The van der Waals surface area contributed by atoms with E-state index in [-0.39, 0.29) is 18.5 Å². The molecule has 3 rings (SSSR count). The Bertz CT molecular complexity index is 972. The molecule has 0 saturated carbocycles. The van der Waals surface area contributed by atoms with Crippen LogP contribution in [0.3, 0.4) is 0 Å². The van der Waals surface area contributed by atoms with Gasteiger partial charge in [-0.05, 0) is 49.6 Å². The first-order valence-electron chi connectivity index (χ1n) is 8.77. The third-order valence-electron chi connectivity index (χ3n) is 4.82. The van der Waals surface area contributed by atoms with Crippen LogP contribution in [0.25, 0.3) is 0 Å². The third-order valence-corrected chi connectivity index (χ3v) is 5.96. The largest absolute Gasteiger partial charge is 0.476 e. The fourth-order valence-electron chi connectivity index (χ4n) is 3.08. The number of hydrogen-bond donors (Lipinski definition) is 1. The Hall–Kier alpha value is -2.54. The zero-order valence-corrected chi connectivity index (χ0v) is 16.7. The molecule has 2 aromatic carbocycles. The van der Waals surface area contributed by atoms with Gasteiger partial charge in [-0.15, -0.1) is 0 Å². The molecule has 6 nitrogen and oxygen atoms in total. The lowest BCUT2D eigenvalue weighted by Gasteiger charge is -2.34. The number of carbonyl (C=O) groups excluding carboxylic acids is 1. The number of fused-ring (bicyclic) bond motifs is 1. The molecule has 0 spiro atoms. The predicted molar refractivity (Wildman–Crippen MR) is 106 cm³/mol. The van der Waals surface area contributed by atoms with Crippen molar-refractivity contribution in [3.63, 3.8) is 0 Å². The summed E-state index contributed by atoms with van der Waals surface area (Å²) in [5.41, 5.74) is 3.78. The molecule has 1 N–H and O–H groups in total. The van der Waals surface area contributed by atoms with E-state index in [1.54, 1.807) is 24.3 Å². The van der Waals surface area contributed by atoms with Gasteiger partial charge in [0, 0.05) is 0 Å². The van der Waals surface area contributed by atoms with Crippen molar-refractivity contribution in [1.29, 1.82) is 0 Å². The molecule has 0 unspecified atom stereocenters. The minimum atomic E-state index is -3.52. The molecule has 27 heavy (non-hydrogen) atoms. The molecule has 1 aliphatic rings. The number of para-hydroxylation sites is 2. The van der Waals surface area contributed by atoms with Crippen molar-refractivity contribution in [2.75, 3.05) is 17.1 Å². The molecule has 0 bridgehead atoms. The molecule has 2 atom stereocenters. The van der Waals surface area contributed by atoms with E-state index in [2.05, 4.69) is 5.32 Å². The van der Waals surface area contributed by atoms with Gasteiger partial charge in [-0.1, -0.05) is 30.3 Å². The molecule has 0 saturated heterocycles. The first kappa shape index (κ1) is 19.2. The molecule has 7 heteroatoms. The summed E-state index contributed by atoms with van der Waals surface area (Å²) in [6.45, 7) is 5.91. The lowest BCUT2D eigenvalue weighted by atomic mass is 10.0. The maximum atomic E-state index is 12.8. The number of benzene rings is 2. The Morgan fingerprint density at radius 3 is 2.56 bits per heavy atom. The van der Waals surface area contributed by atoms with Gasteiger partial charge in [-0.3, -0.25) is 9.10 Å². The van der Waals surface area contributed by atoms with Crippen LogP contribution in [0.1, 0.15) is 29.7 Å². The summed E-state index contributed by atoms with van der Waals surface area (Å²) in [5, 5.41) is 2.93. The SMILES string of the molecule is Cc1ccc([C@@H](C)NC(=O)[C@H]2CN(S(C)(=O)=O)c3ccccc3O2)cc1C. The Balaban J connectivity index is 1.80. The Labute approximate surface area is 160 Å². The van der Waals surface area contributed by atoms with E-state index in [0.717, 1.165) is 17.4 Å². The van der Waals surface area contributed by atoms with Crippen LogP contribution in [0.5, 0.6) is 5.75 Å². The molecular formula is C20H24N2O4S. The van der Waals surface area contributed by atoms with E-state index < -0.39 is 16.1 Å². The van der Waals surface area contributed by atoms with Crippen molar-refractivity contribution >= 4 is 21.6 Å². The Morgan fingerprint density at radius 2 is 1.89 bits per heavy atom. The number of carbonyl (C=O) groups is 1. The fraction of sp³-hybridized carbons (Fsp3) is 0.350. The van der Waals surface area contributed by atoms with Crippen LogP contribution in [0.2, 0.25) is 0 Å². The summed E-state index contributed by atoms with van der Waals surface area (Å²) >= 11 is 0. The van der Waals surface area contributed by atoms with E-state index >= 15 is 0 Å². The number of anilines is 1. The smallest absolute Gasteiger partial charge is 0.263 e. The normalized spacial score (nSPS) is 17.6. The second-order valence-corrected chi connectivity index (χ2v) is 8.85. The third kappa shape index (κ3) is 4.08. The van der Waals surface area contributed by atoms with Crippen LogP contribution in [0, 0.1) is 13.8 Å². The minimum absolute atomic E-state index is 0.0542. The molecule has 144 valence electrons. The van der Waals surface area contributed by atoms with Crippen LogP contribution in [0.4, 0.5) is 5.69 Å². The molecule has 1 amide bonds. The molecule has 2 aromatic rings. The van der Waals surface area contributed by atoms with Crippen LogP contribution in [0.15, 0.2) is 42.5 Å². The maximum absolute atomic E-state index is 12.8. The predicted octanol–water partition coefficient (Wildman–Crippen LogP) is 2.71. The van der Waals surface area contributed by atoms with E-state index in [0.29, 0.717) is 11.4 Å². The standard InChI is InChI=1S/C20H24N2O4S/c1-13-9-10-16(11-14(13)2)15(3)21-20(23)19-12-22(27(4,24)25)17-7-5-6-8-18(17)26-19/h5-11,15,19H,12H2,1-4H3,(H,21,23)/t15-,19-/m1/s1. The van der Waals surface area contributed by atoms with E-state index in [1.165, 1.54) is 9.87 Å². The number of sulfonamides is 1. The minimum Gasteiger partial charge on any atom is -0.476 e.